The molecule has 1 fully saturated rings. The average Bonchev–Trinajstić information content (AvgIpc) is 2.47. The Kier molecular flexibility index (Phi) is 8.02. The predicted molar refractivity (Wildman–Crippen MR) is 83.6 cm³/mol. The number of rotatable bonds is 9. The van der Waals surface area contributed by atoms with Crippen molar-refractivity contribution in [1.82, 2.24) is 9.03 Å². The highest BCUT2D eigenvalue weighted by Gasteiger charge is 2.28. The highest BCUT2D eigenvalue weighted by atomic mass is 32.2. The van der Waals surface area contributed by atoms with Gasteiger partial charge in [-0.25, -0.2) is 4.72 Å². The van der Waals surface area contributed by atoms with Crippen LogP contribution in [0.2, 0.25) is 0 Å². The van der Waals surface area contributed by atoms with Crippen molar-refractivity contribution in [3.63, 3.8) is 0 Å². The van der Waals surface area contributed by atoms with Gasteiger partial charge in [0.15, 0.2) is 0 Å². The Morgan fingerprint density at radius 1 is 1.40 bits per heavy atom. The van der Waals surface area contributed by atoms with Crippen LogP contribution >= 0.6 is 0 Å². The van der Waals surface area contributed by atoms with Gasteiger partial charge in [0.1, 0.15) is 0 Å². The molecule has 0 aliphatic carbocycles. The second kappa shape index (κ2) is 8.97. The van der Waals surface area contributed by atoms with Crippen molar-refractivity contribution in [3.05, 3.63) is 0 Å². The second-order valence-electron chi connectivity index (χ2n) is 5.87. The molecule has 1 saturated heterocycles. The summed E-state index contributed by atoms with van der Waals surface area (Å²) in [5.74, 6) is 0.752. The fourth-order valence-electron chi connectivity index (χ4n) is 2.70. The molecule has 1 rings (SSSR count). The van der Waals surface area contributed by atoms with Crippen LogP contribution in [0.1, 0.15) is 52.4 Å². The third-order valence-electron chi connectivity index (χ3n) is 4.25. The molecule has 3 N–H and O–H groups in total. The van der Waals surface area contributed by atoms with Gasteiger partial charge in [0.2, 0.25) is 0 Å². The van der Waals surface area contributed by atoms with Gasteiger partial charge in [-0.3, -0.25) is 0 Å². The third-order valence-corrected chi connectivity index (χ3v) is 5.80. The number of unbranched alkanes of at least 4 members (excludes halogenated alkanes) is 1. The highest BCUT2D eigenvalue weighted by molar-refractivity contribution is 7.87. The minimum absolute atomic E-state index is 0.308. The molecule has 2 atom stereocenters. The molecular weight excluding hydrogens is 274 g/mol. The Morgan fingerprint density at radius 2 is 2.15 bits per heavy atom. The van der Waals surface area contributed by atoms with E-state index in [1.165, 1.54) is 6.42 Å². The van der Waals surface area contributed by atoms with E-state index in [2.05, 4.69) is 18.6 Å². The molecule has 6 heteroatoms. The van der Waals surface area contributed by atoms with E-state index in [1.807, 2.05) is 0 Å². The number of nitrogens with one attached hydrogen (secondary N) is 1. The SMILES string of the molecule is CCCCC(CC)CNS(=O)(=O)N1CCCC(CN)C1. The van der Waals surface area contributed by atoms with Crippen LogP contribution in [0.5, 0.6) is 0 Å². The summed E-state index contributed by atoms with van der Waals surface area (Å²) >= 11 is 0. The smallest absolute Gasteiger partial charge is 0.279 e. The number of hydrogen-bond acceptors (Lipinski definition) is 3. The van der Waals surface area contributed by atoms with Crippen molar-refractivity contribution in [2.24, 2.45) is 17.6 Å². The van der Waals surface area contributed by atoms with Gasteiger partial charge in [-0.2, -0.15) is 12.7 Å². The Morgan fingerprint density at radius 3 is 2.75 bits per heavy atom. The molecule has 120 valence electrons. The molecule has 0 amide bonds. The molecule has 0 spiro atoms. The molecule has 5 nitrogen and oxygen atoms in total. The van der Waals surface area contributed by atoms with Gasteiger partial charge in [0.05, 0.1) is 0 Å². The van der Waals surface area contributed by atoms with E-state index in [-0.39, 0.29) is 0 Å². The number of piperidine rings is 1. The van der Waals surface area contributed by atoms with E-state index in [0.717, 1.165) is 32.1 Å². The summed E-state index contributed by atoms with van der Waals surface area (Å²) in [7, 11) is -3.33. The largest absolute Gasteiger partial charge is 0.330 e. The van der Waals surface area contributed by atoms with Crippen molar-refractivity contribution < 1.29 is 8.42 Å². The number of hydrogen-bond donors (Lipinski definition) is 2. The number of nitrogens with two attached hydrogens (primary N) is 1. The molecule has 0 radical (unpaired) electrons. The van der Waals surface area contributed by atoms with Crippen LogP contribution < -0.4 is 10.5 Å². The number of nitrogens with zero attached hydrogens (tertiary/aromatic N) is 1. The first kappa shape index (κ1) is 17.9. The van der Waals surface area contributed by atoms with Crippen LogP contribution in [0.15, 0.2) is 0 Å². The van der Waals surface area contributed by atoms with E-state index in [1.54, 1.807) is 4.31 Å². The summed E-state index contributed by atoms with van der Waals surface area (Å²) in [4.78, 5) is 0. The van der Waals surface area contributed by atoms with Gasteiger partial charge in [-0.1, -0.05) is 33.1 Å². The van der Waals surface area contributed by atoms with E-state index >= 15 is 0 Å². The molecule has 0 aromatic heterocycles. The van der Waals surface area contributed by atoms with Gasteiger partial charge in [0.25, 0.3) is 10.2 Å². The Bertz CT molecular complexity index is 359. The normalized spacial score (nSPS) is 22.9. The maximum Gasteiger partial charge on any atom is 0.279 e. The summed E-state index contributed by atoms with van der Waals surface area (Å²) in [5, 5.41) is 0. The molecule has 0 bridgehead atoms. The van der Waals surface area contributed by atoms with E-state index in [4.69, 9.17) is 5.73 Å². The first-order valence-corrected chi connectivity index (χ1v) is 9.42. The van der Waals surface area contributed by atoms with Gasteiger partial charge in [-0.15, -0.1) is 0 Å². The van der Waals surface area contributed by atoms with E-state index in [0.29, 0.717) is 38.0 Å². The summed E-state index contributed by atoms with van der Waals surface area (Å²) in [6.07, 6.45) is 6.40. The molecule has 20 heavy (non-hydrogen) atoms. The fourth-order valence-corrected chi connectivity index (χ4v) is 4.10. The van der Waals surface area contributed by atoms with Crippen LogP contribution in [0.25, 0.3) is 0 Å². The van der Waals surface area contributed by atoms with Crippen LogP contribution in [0.3, 0.4) is 0 Å². The zero-order chi connectivity index (χ0) is 15.0. The van der Waals surface area contributed by atoms with Crippen LogP contribution in [-0.2, 0) is 10.2 Å². The van der Waals surface area contributed by atoms with Crippen molar-refractivity contribution in [1.29, 1.82) is 0 Å². The molecular formula is C14H31N3O2S. The van der Waals surface area contributed by atoms with Crippen LogP contribution in [0.4, 0.5) is 0 Å². The first-order chi connectivity index (χ1) is 9.53. The minimum Gasteiger partial charge on any atom is -0.330 e. The molecule has 1 aliphatic heterocycles. The zero-order valence-corrected chi connectivity index (χ0v) is 13.8. The average molecular weight is 305 g/mol. The summed E-state index contributed by atoms with van der Waals surface area (Å²) in [6.45, 7) is 6.61. The van der Waals surface area contributed by atoms with Crippen molar-refractivity contribution in [2.45, 2.75) is 52.4 Å². The third kappa shape index (κ3) is 5.68. The monoisotopic (exact) mass is 305 g/mol. The lowest BCUT2D eigenvalue weighted by atomic mass is 10.00. The summed E-state index contributed by atoms with van der Waals surface area (Å²) < 4.78 is 29.0. The standard InChI is InChI=1S/C14H31N3O2S/c1-3-5-7-13(4-2)11-16-20(18,19)17-9-6-8-14(10-15)12-17/h13-14,16H,3-12,15H2,1-2H3. The Balaban J connectivity index is 2.47. The van der Waals surface area contributed by atoms with E-state index < -0.39 is 10.2 Å². The van der Waals surface area contributed by atoms with Crippen LogP contribution in [0, 0.1) is 11.8 Å². The zero-order valence-electron chi connectivity index (χ0n) is 13.0. The molecule has 0 aromatic rings. The first-order valence-electron chi connectivity index (χ1n) is 7.98. The van der Waals surface area contributed by atoms with Crippen LogP contribution in [-0.4, -0.2) is 38.9 Å². The predicted octanol–water partition coefficient (Wildman–Crippen LogP) is 1.71. The quantitative estimate of drug-likeness (QED) is 0.681. The molecule has 1 heterocycles. The van der Waals surface area contributed by atoms with Gasteiger partial charge < -0.3 is 5.73 Å². The summed E-state index contributed by atoms with van der Waals surface area (Å²) in [5.41, 5.74) is 5.67. The minimum atomic E-state index is -3.33. The van der Waals surface area contributed by atoms with Crippen molar-refractivity contribution in [3.8, 4) is 0 Å². The molecule has 0 saturated carbocycles. The lowest BCUT2D eigenvalue weighted by molar-refractivity contribution is 0.267. The fraction of sp³-hybridized carbons (Fsp3) is 1.00. The lowest BCUT2D eigenvalue weighted by Crippen LogP contribution is -2.48. The Labute approximate surface area is 124 Å². The molecule has 2 unspecified atom stereocenters. The van der Waals surface area contributed by atoms with Gasteiger partial charge in [-0.05, 0) is 37.6 Å². The highest BCUT2D eigenvalue weighted by Crippen LogP contribution is 2.18. The van der Waals surface area contributed by atoms with E-state index in [9.17, 15) is 8.42 Å². The van der Waals surface area contributed by atoms with Gasteiger partial charge in [0, 0.05) is 19.6 Å². The van der Waals surface area contributed by atoms with Gasteiger partial charge >= 0.3 is 0 Å². The summed E-state index contributed by atoms with van der Waals surface area (Å²) in [6, 6.07) is 0. The maximum atomic E-state index is 12.3. The topological polar surface area (TPSA) is 75.4 Å². The Hall–Kier alpha value is -0.170. The van der Waals surface area contributed by atoms with Crippen molar-refractivity contribution in [2.75, 3.05) is 26.2 Å². The van der Waals surface area contributed by atoms with Crippen molar-refractivity contribution >= 4 is 10.2 Å². The second-order valence-corrected chi connectivity index (χ2v) is 7.63. The maximum absolute atomic E-state index is 12.3. The lowest BCUT2D eigenvalue weighted by Gasteiger charge is -2.31. The molecule has 0 aromatic carbocycles. The molecule has 1 aliphatic rings.